The summed E-state index contributed by atoms with van der Waals surface area (Å²) in [6.45, 7) is 2.05. The number of para-hydroxylation sites is 1. The topological polar surface area (TPSA) is 105 Å². The number of nitrogens with one attached hydrogen (secondary N) is 1. The summed E-state index contributed by atoms with van der Waals surface area (Å²) in [5.41, 5.74) is 4.23. The highest BCUT2D eigenvalue weighted by Gasteiger charge is 2.33. The van der Waals surface area contributed by atoms with E-state index in [2.05, 4.69) is 5.32 Å². The van der Waals surface area contributed by atoms with Crippen molar-refractivity contribution in [2.24, 2.45) is 7.05 Å². The van der Waals surface area contributed by atoms with Crippen LogP contribution in [0.25, 0.3) is 0 Å². The van der Waals surface area contributed by atoms with Crippen molar-refractivity contribution in [3.05, 3.63) is 107 Å². The monoisotopic (exact) mass is 543 g/mol. The highest BCUT2D eigenvalue weighted by atomic mass is 32.2. The number of rotatable bonds is 7. The molecule has 0 aliphatic carbocycles. The maximum Gasteiger partial charge on any atom is 0.258 e. The van der Waals surface area contributed by atoms with Crippen LogP contribution >= 0.6 is 0 Å². The molecule has 3 aromatic carbocycles. The van der Waals surface area contributed by atoms with Crippen molar-refractivity contribution in [3.63, 3.8) is 0 Å². The molecule has 4 aromatic rings. The summed E-state index contributed by atoms with van der Waals surface area (Å²) in [5.74, 6) is -0.394. The number of hydrogen-bond donors (Lipinski definition) is 1. The number of hydrogen-bond acceptors (Lipinski definition) is 5. The summed E-state index contributed by atoms with van der Waals surface area (Å²) in [7, 11) is -1.95. The Morgan fingerprint density at radius 3 is 2.23 bits per heavy atom. The van der Waals surface area contributed by atoms with Gasteiger partial charge in [0.2, 0.25) is 15.9 Å². The molecule has 0 radical (unpaired) electrons. The van der Waals surface area contributed by atoms with Crippen molar-refractivity contribution in [2.45, 2.75) is 31.3 Å². The molecule has 5 rings (SSSR count). The van der Waals surface area contributed by atoms with Crippen LogP contribution in [0.5, 0.6) is 0 Å². The lowest BCUT2D eigenvalue weighted by Crippen LogP contribution is -2.37. The van der Waals surface area contributed by atoms with Gasteiger partial charge < -0.3 is 10.2 Å². The molecule has 2 amide bonds. The van der Waals surface area contributed by atoms with Gasteiger partial charge in [-0.3, -0.25) is 14.3 Å². The second kappa shape index (κ2) is 10.8. The molecule has 0 fully saturated rings. The van der Waals surface area contributed by atoms with Crippen LogP contribution in [0, 0.1) is 0 Å². The van der Waals surface area contributed by atoms with Gasteiger partial charge >= 0.3 is 0 Å². The zero-order valence-corrected chi connectivity index (χ0v) is 22.6. The smallest absolute Gasteiger partial charge is 0.258 e. The van der Waals surface area contributed by atoms with Gasteiger partial charge in [0.25, 0.3) is 5.91 Å². The van der Waals surface area contributed by atoms with Gasteiger partial charge in [0.15, 0.2) is 0 Å². The van der Waals surface area contributed by atoms with Gasteiger partial charge in [-0.05, 0) is 48.5 Å². The van der Waals surface area contributed by atoms with E-state index in [1.54, 1.807) is 33.8 Å². The van der Waals surface area contributed by atoms with Crippen molar-refractivity contribution in [1.29, 1.82) is 0 Å². The molecule has 0 saturated carbocycles. The summed E-state index contributed by atoms with van der Waals surface area (Å²) in [4.78, 5) is 26.7. The van der Waals surface area contributed by atoms with Gasteiger partial charge in [0, 0.05) is 61.7 Å². The highest BCUT2D eigenvalue weighted by Crippen LogP contribution is 2.29. The van der Waals surface area contributed by atoms with Crippen LogP contribution < -0.4 is 10.2 Å². The molecule has 0 spiro atoms. The molecular weight excluding hydrogens is 514 g/mol. The fraction of sp³-hybridized carbons (Fsp3) is 0.207. The second-order valence-electron chi connectivity index (χ2n) is 9.38. The van der Waals surface area contributed by atoms with Crippen LogP contribution in [0.4, 0.5) is 11.4 Å². The summed E-state index contributed by atoms with van der Waals surface area (Å²) in [5, 5.41) is 7.37. The van der Waals surface area contributed by atoms with E-state index in [4.69, 9.17) is 5.10 Å². The van der Waals surface area contributed by atoms with E-state index in [9.17, 15) is 18.0 Å². The first-order valence-electron chi connectivity index (χ1n) is 12.6. The van der Waals surface area contributed by atoms with Crippen molar-refractivity contribution in [1.82, 2.24) is 14.1 Å². The van der Waals surface area contributed by atoms with Gasteiger partial charge in [-0.1, -0.05) is 36.4 Å². The van der Waals surface area contributed by atoms with Crippen molar-refractivity contribution in [2.75, 3.05) is 16.8 Å². The molecule has 1 aliphatic heterocycles. The fourth-order valence-electron chi connectivity index (χ4n) is 4.81. The summed E-state index contributed by atoms with van der Waals surface area (Å²) >= 11 is 0. The largest absolute Gasteiger partial charge is 0.326 e. The maximum absolute atomic E-state index is 13.6. The molecular formula is C29H29N5O4S. The van der Waals surface area contributed by atoms with E-state index in [-0.39, 0.29) is 29.8 Å². The van der Waals surface area contributed by atoms with E-state index in [0.29, 0.717) is 29.9 Å². The average Bonchev–Trinajstić information content (AvgIpc) is 3.26. The molecule has 1 aromatic heterocycles. The Hall–Kier alpha value is -4.28. The number of aryl methyl sites for hydroxylation is 1. The normalized spacial score (nSPS) is 13.5. The van der Waals surface area contributed by atoms with Crippen LogP contribution in [-0.2, 0) is 41.4 Å². The zero-order chi connectivity index (χ0) is 27.6. The number of benzene rings is 3. The number of aromatic nitrogens is 2. The van der Waals surface area contributed by atoms with E-state index >= 15 is 0 Å². The third-order valence-electron chi connectivity index (χ3n) is 6.74. The molecule has 200 valence electrons. The Morgan fingerprint density at radius 1 is 0.949 bits per heavy atom. The van der Waals surface area contributed by atoms with Gasteiger partial charge in [0.05, 0.1) is 17.1 Å². The number of nitrogens with zero attached hydrogens (tertiary/aromatic N) is 4. The minimum atomic E-state index is -3.79. The lowest BCUT2D eigenvalue weighted by atomic mass is 10.1. The number of carbonyl (C=O) groups excluding carboxylic acids is 2. The molecule has 1 aliphatic rings. The molecule has 10 heteroatoms. The van der Waals surface area contributed by atoms with Crippen LogP contribution in [-0.4, -0.2) is 40.9 Å². The number of sulfonamides is 1. The first-order chi connectivity index (χ1) is 18.7. The van der Waals surface area contributed by atoms with E-state index < -0.39 is 10.0 Å². The second-order valence-corrected chi connectivity index (χ2v) is 11.3. The number of amides is 2. The highest BCUT2D eigenvalue weighted by molar-refractivity contribution is 7.89. The summed E-state index contributed by atoms with van der Waals surface area (Å²) in [6, 6.07) is 24.6. The first kappa shape index (κ1) is 26.3. The predicted molar refractivity (Wildman–Crippen MR) is 149 cm³/mol. The average molecular weight is 544 g/mol. The molecule has 0 atom stereocenters. The molecule has 2 heterocycles. The molecule has 9 nitrogen and oxygen atoms in total. The number of anilines is 2. The Labute approximate surface area is 227 Å². The van der Waals surface area contributed by atoms with Crippen molar-refractivity contribution < 1.29 is 18.0 Å². The van der Waals surface area contributed by atoms with Crippen LogP contribution in [0.1, 0.15) is 34.2 Å². The van der Waals surface area contributed by atoms with Crippen molar-refractivity contribution in [3.8, 4) is 0 Å². The SMILES string of the molecule is CC(=O)Nc1ccc(S(=O)(=O)N2CCc3c(c(CN(C(=O)c4ccccc4)c4ccccc4)nn3C)C2)cc1. The number of fused-ring (bicyclic) bond motifs is 1. The minimum Gasteiger partial charge on any atom is -0.326 e. The van der Waals surface area contributed by atoms with Gasteiger partial charge in [-0.15, -0.1) is 0 Å². The molecule has 1 N–H and O–H groups in total. The van der Waals surface area contributed by atoms with Crippen molar-refractivity contribution >= 4 is 33.2 Å². The van der Waals surface area contributed by atoms with E-state index in [0.717, 1.165) is 16.9 Å². The van der Waals surface area contributed by atoms with Crippen LogP contribution in [0.3, 0.4) is 0 Å². The van der Waals surface area contributed by atoms with E-state index in [1.165, 1.54) is 23.4 Å². The maximum atomic E-state index is 13.6. The lowest BCUT2D eigenvalue weighted by molar-refractivity contribution is -0.114. The Balaban J connectivity index is 1.45. The Kier molecular flexibility index (Phi) is 7.32. The Morgan fingerprint density at radius 2 is 1.59 bits per heavy atom. The molecule has 0 unspecified atom stereocenters. The minimum absolute atomic E-state index is 0.149. The summed E-state index contributed by atoms with van der Waals surface area (Å²) < 4.78 is 30.3. The molecule has 0 bridgehead atoms. The quantitative estimate of drug-likeness (QED) is 0.380. The van der Waals surface area contributed by atoms with Crippen LogP contribution in [0.15, 0.2) is 89.8 Å². The van der Waals surface area contributed by atoms with E-state index in [1.807, 2.05) is 55.6 Å². The molecule has 0 saturated heterocycles. The molecule has 39 heavy (non-hydrogen) atoms. The fourth-order valence-corrected chi connectivity index (χ4v) is 6.22. The summed E-state index contributed by atoms with van der Waals surface area (Å²) in [6.07, 6.45) is 0.500. The predicted octanol–water partition coefficient (Wildman–Crippen LogP) is 3.97. The third-order valence-corrected chi connectivity index (χ3v) is 8.60. The first-order valence-corrected chi connectivity index (χ1v) is 14.0. The van der Waals surface area contributed by atoms with Gasteiger partial charge in [-0.25, -0.2) is 8.42 Å². The van der Waals surface area contributed by atoms with Crippen LogP contribution in [0.2, 0.25) is 0 Å². The standard InChI is InChI=1S/C29H29N5O4S/c1-21(35)30-23-13-15-25(16-14-23)39(37,38)33-18-17-28-26(19-33)27(31-32(28)2)20-34(24-11-7-4-8-12-24)29(36)22-9-5-3-6-10-22/h3-16H,17-20H2,1-2H3,(H,30,35). The zero-order valence-electron chi connectivity index (χ0n) is 21.7. The lowest BCUT2D eigenvalue weighted by Gasteiger charge is -2.28. The van der Waals surface area contributed by atoms with Gasteiger partial charge in [-0.2, -0.15) is 9.40 Å². The number of carbonyl (C=O) groups is 2. The third kappa shape index (κ3) is 5.47. The Bertz CT molecular complexity index is 1600. The van der Waals surface area contributed by atoms with Gasteiger partial charge in [0.1, 0.15) is 0 Å².